The highest BCUT2D eigenvalue weighted by Gasteiger charge is 2.19. The molecule has 0 saturated carbocycles. The fraction of sp³-hybridized carbons (Fsp3) is 0.353. The van der Waals surface area contributed by atoms with Crippen molar-refractivity contribution in [3.05, 3.63) is 35.0 Å². The number of rotatable bonds is 4. The summed E-state index contributed by atoms with van der Waals surface area (Å²) < 4.78 is 1.69. The molecule has 0 unspecified atom stereocenters. The topological polar surface area (TPSA) is 75.6 Å². The number of carbonyl (C=O) groups excluding carboxylic acids is 1. The predicted molar refractivity (Wildman–Crippen MR) is 102 cm³/mol. The number of hydrogen-bond acceptors (Lipinski definition) is 4. The second kappa shape index (κ2) is 6.72. The highest BCUT2D eigenvalue weighted by atomic mass is 35.5. The monoisotopic (exact) mass is 377 g/mol. The Balaban J connectivity index is 1.63. The summed E-state index contributed by atoms with van der Waals surface area (Å²) in [5.74, 6) is 0.836. The van der Waals surface area contributed by atoms with Crippen LogP contribution in [0.1, 0.15) is 26.5 Å². The Morgan fingerprint density at radius 1 is 1.36 bits per heavy atom. The number of imidazole rings is 1. The zero-order chi connectivity index (χ0) is 18.2. The Labute approximate surface area is 155 Å². The predicted octanol–water partition coefficient (Wildman–Crippen LogP) is 3.98. The maximum atomic E-state index is 12.2. The molecule has 3 rings (SSSR count). The minimum Gasteiger partial charge on any atom is -0.333 e. The molecule has 0 spiro atoms. The number of carbonyl (C=O) groups is 1. The molecular formula is C17H20ClN5OS. The number of H-pyrrole nitrogens is 1. The van der Waals surface area contributed by atoms with Gasteiger partial charge in [-0.05, 0) is 18.2 Å². The molecule has 1 amide bonds. The molecule has 0 aliphatic heterocycles. The van der Waals surface area contributed by atoms with Gasteiger partial charge in [0.15, 0.2) is 5.16 Å². The first-order chi connectivity index (χ1) is 11.7. The van der Waals surface area contributed by atoms with Gasteiger partial charge in [0, 0.05) is 23.6 Å². The lowest BCUT2D eigenvalue weighted by Crippen LogP contribution is -2.16. The third kappa shape index (κ3) is 4.16. The number of aryl methyl sites for hydroxylation is 1. The molecule has 132 valence electrons. The maximum absolute atomic E-state index is 12.2. The van der Waals surface area contributed by atoms with E-state index in [9.17, 15) is 4.79 Å². The van der Waals surface area contributed by atoms with Gasteiger partial charge in [-0.15, -0.1) is 0 Å². The van der Waals surface area contributed by atoms with E-state index in [0.717, 1.165) is 16.7 Å². The molecule has 2 N–H and O–H groups in total. The van der Waals surface area contributed by atoms with Crippen LogP contribution in [0, 0.1) is 0 Å². The number of nitrogens with one attached hydrogen (secondary N) is 2. The van der Waals surface area contributed by atoms with Gasteiger partial charge in [-0.3, -0.25) is 9.48 Å². The van der Waals surface area contributed by atoms with Crippen LogP contribution < -0.4 is 5.32 Å². The SMILES string of the molecule is Cn1nc(C(C)(C)C)cc1NC(=O)CSc1nc2ccc(Cl)cc2[nH]1. The van der Waals surface area contributed by atoms with Crippen molar-refractivity contribution in [3.8, 4) is 0 Å². The summed E-state index contributed by atoms with van der Waals surface area (Å²) >= 11 is 7.31. The lowest BCUT2D eigenvalue weighted by atomic mass is 9.92. The van der Waals surface area contributed by atoms with Crippen LogP contribution in [0.4, 0.5) is 5.82 Å². The van der Waals surface area contributed by atoms with Crippen LogP contribution >= 0.6 is 23.4 Å². The summed E-state index contributed by atoms with van der Waals surface area (Å²) in [6.07, 6.45) is 0. The molecule has 25 heavy (non-hydrogen) atoms. The number of amides is 1. The van der Waals surface area contributed by atoms with Gasteiger partial charge < -0.3 is 10.3 Å². The van der Waals surface area contributed by atoms with E-state index in [1.807, 2.05) is 25.2 Å². The summed E-state index contributed by atoms with van der Waals surface area (Å²) in [7, 11) is 1.82. The van der Waals surface area contributed by atoms with Gasteiger partial charge in [-0.25, -0.2) is 4.98 Å². The van der Waals surface area contributed by atoms with E-state index in [1.165, 1.54) is 11.8 Å². The number of aromatic nitrogens is 4. The number of thioether (sulfide) groups is 1. The quantitative estimate of drug-likeness (QED) is 0.674. The third-order valence-corrected chi connectivity index (χ3v) is 4.79. The highest BCUT2D eigenvalue weighted by molar-refractivity contribution is 7.99. The fourth-order valence-corrected chi connectivity index (χ4v) is 3.15. The van der Waals surface area contributed by atoms with E-state index < -0.39 is 0 Å². The number of halogens is 1. The molecule has 0 saturated heterocycles. The minimum atomic E-state index is -0.105. The molecule has 0 radical (unpaired) electrons. The molecule has 6 nitrogen and oxygen atoms in total. The van der Waals surface area contributed by atoms with E-state index in [-0.39, 0.29) is 17.1 Å². The highest BCUT2D eigenvalue weighted by Crippen LogP contribution is 2.24. The Kier molecular flexibility index (Phi) is 4.79. The van der Waals surface area contributed by atoms with Crippen LogP contribution in [0.25, 0.3) is 11.0 Å². The molecule has 0 aliphatic carbocycles. The average Bonchev–Trinajstić information content (AvgIpc) is 3.08. The van der Waals surface area contributed by atoms with Gasteiger partial charge in [-0.1, -0.05) is 44.1 Å². The summed E-state index contributed by atoms with van der Waals surface area (Å²) in [6.45, 7) is 6.26. The van der Waals surface area contributed by atoms with E-state index in [4.69, 9.17) is 11.6 Å². The molecule has 0 aliphatic rings. The number of benzene rings is 1. The Hall–Kier alpha value is -1.99. The van der Waals surface area contributed by atoms with E-state index in [1.54, 1.807) is 10.7 Å². The third-order valence-electron chi connectivity index (χ3n) is 3.68. The van der Waals surface area contributed by atoms with Crippen molar-refractivity contribution < 1.29 is 4.79 Å². The second-order valence-corrected chi connectivity index (χ2v) is 8.23. The number of fused-ring (bicyclic) bond motifs is 1. The van der Waals surface area contributed by atoms with Crippen LogP contribution in [0.3, 0.4) is 0 Å². The van der Waals surface area contributed by atoms with Crippen molar-refractivity contribution in [2.24, 2.45) is 7.05 Å². The molecule has 2 heterocycles. The minimum absolute atomic E-state index is 0.0644. The molecule has 0 atom stereocenters. The Morgan fingerprint density at radius 2 is 2.12 bits per heavy atom. The molecule has 0 bridgehead atoms. The zero-order valence-electron chi connectivity index (χ0n) is 14.6. The first-order valence-electron chi connectivity index (χ1n) is 7.85. The standard InChI is InChI=1S/C17H20ClN5OS/c1-17(2,3)13-8-14(23(4)22-13)21-15(24)9-25-16-19-11-6-5-10(18)7-12(11)20-16/h5-8H,9H2,1-4H3,(H,19,20)(H,21,24). The Bertz CT molecular complexity index is 925. The first-order valence-corrected chi connectivity index (χ1v) is 9.21. The normalized spacial score (nSPS) is 11.9. The lowest BCUT2D eigenvalue weighted by molar-refractivity contribution is -0.113. The summed E-state index contributed by atoms with van der Waals surface area (Å²) in [5.41, 5.74) is 2.56. The molecule has 2 aromatic heterocycles. The van der Waals surface area contributed by atoms with Crippen molar-refractivity contribution in [1.82, 2.24) is 19.7 Å². The van der Waals surface area contributed by atoms with Crippen LogP contribution in [-0.2, 0) is 17.3 Å². The summed E-state index contributed by atoms with van der Waals surface area (Å²) in [6, 6.07) is 7.37. The molecule has 3 aromatic rings. The van der Waals surface area contributed by atoms with Crippen molar-refractivity contribution in [2.45, 2.75) is 31.3 Å². The number of nitrogens with zero attached hydrogens (tertiary/aromatic N) is 3. The smallest absolute Gasteiger partial charge is 0.235 e. The van der Waals surface area contributed by atoms with Gasteiger partial charge in [-0.2, -0.15) is 5.10 Å². The number of aromatic amines is 1. The van der Waals surface area contributed by atoms with Crippen molar-refractivity contribution in [3.63, 3.8) is 0 Å². The van der Waals surface area contributed by atoms with Crippen molar-refractivity contribution >= 4 is 46.1 Å². The van der Waals surface area contributed by atoms with Gasteiger partial charge in [0.2, 0.25) is 5.91 Å². The van der Waals surface area contributed by atoms with Crippen LogP contribution in [0.2, 0.25) is 5.02 Å². The van der Waals surface area contributed by atoms with Gasteiger partial charge in [0.25, 0.3) is 0 Å². The van der Waals surface area contributed by atoms with Crippen molar-refractivity contribution in [1.29, 1.82) is 0 Å². The summed E-state index contributed by atoms with van der Waals surface area (Å²) in [5, 5.41) is 8.69. The fourth-order valence-electron chi connectivity index (χ4n) is 2.29. The zero-order valence-corrected chi connectivity index (χ0v) is 16.1. The van der Waals surface area contributed by atoms with Gasteiger partial charge >= 0.3 is 0 Å². The van der Waals surface area contributed by atoms with Crippen LogP contribution in [0.15, 0.2) is 29.4 Å². The van der Waals surface area contributed by atoms with Crippen LogP contribution in [0.5, 0.6) is 0 Å². The summed E-state index contributed by atoms with van der Waals surface area (Å²) in [4.78, 5) is 19.8. The first kappa shape index (κ1) is 17.8. The average molecular weight is 378 g/mol. The van der Waals surface area contributed by atoms with Gasteiger partial charge in [0.05, 0.1) is 22.5 Å². The number of hydrogen-bond donors (Lipinski definition) is 2. The molecule has 8 heteroatoms. The molecule has 1 aromatic carbocycles. The van der Waals surface area contributed by atoms with Crippen LogP contribution in [-0.4, -0.2) is 31.4 Å². The Morgan fingerprint density at radius 3 is 2.80 bits per heavy atom. The van der Waals surface area contributed by atoms with Gasteiger partial charge in [0.1, 0.15) is 5.82 Å². The largest absolute Gasteiger partial charge is 0.333 e. The van der Waals surface area contributed by atoms with Crippen molar-refractivity contribution in [2.75, 3.05) is 11.1 Å². The lowest BCUT2D eigenvalue weighted by Gasteiger charge is -2.13. The van der Waals surface area contributed by atoms with E-state index in [2.05, 4.69) is 41.2 Å². The van der Waals surface area contributed by atoms with E-state index in [0.29, 0.717) is 16.0 Å². The van der Waals surface area contributed by atoms with E-state index >= 15 is 0 Å². The second-order valence-electron chi connectivity index (χ2n) is 6.83. The molecule has 0 fully saturated rings. The molecular weight excluding hydrogens is 358 g/mol. The number of anilines is 1. The maximum Gasteiger partial charge on any atom is 0.235 e.